The Morgan fingerprint density at radius 1 is 1.24 bits per heavy atom. The van der Waals surface area contributed by atoms with Gasteiger partial charge in [0.2, 0.25) is 0 Å². The third-order valence-electron chi connectivity index (χ3n) is 3.79. The fraction of sp³-hybridized carbons (Fsp3) is 0.500. The molecule has 1 heterocycles. The van der Waals surface area contributed by atoms with Crippen LogP contribution >= 0.6 is 0 Å². The molecule has 21 heavy (non-hydrogen) atoms. The Kier molecular flexibility index (Phi) is 5.57. The van der Waals surface area contributed by atoms with Gasteiger partial charge in [-0.1, -0.05) is 39.0 Å². The number of para-hydroxylation sites is 1. The van der Waals surface area contributed by atoms with Crippen LogP contribution in [0.5, 0.6) is 0 Å². The lowest BCUT2D eigenvalue weighted by molar-refractivity contribution is 0.583. The van der Waals surface area contributed by atoms with Crippen LogP contribution in [0.15, 0.2) is 30.3 Å². The number of hydrogen-bond acceptors (Lipinski definition) is 3. The summed E-state index contributed by atoms with van der Waals surface area (Å²) < 4.78 is 0. The molecule has 0 radical (unpaired) electrons. The van der Waals surface area contributed by atoms with Crippen LogP contribution in [0.25, 0.3) is 10.9 Å². The minimum absolute atomic E-state index is 0.717. The normalized spacial score (nSPS) is 11.3. The lowest BCUT2D eigenvalue weighted by atomic mass is 10.1. The molecule has 0 aliphatic heterocycles. The second kappa shape index (κ2) is 7.41. The Hall–Kier alpha value is -1.61. The molecule has 0 bridgehead atoms. The maximum atomic E-state index is 4.82. The number of fused-ring (bicyclic) bond motifs is 1. The molecule has 0 fully saturated rings. The number of nitrogens with one attached hydrogen (secondary N) is 1. The van der Waals surface area contributed by atoms with Gasteiger partial charge in [0.1, 0.15) is 5.82 Å². The van der Waals surface area contributed by atoms with E-state index in [1.54, 1.807) is 0 Å². The van der Waals surface area contributed by atoms with E-state index in [4.69, 9.17) is 4.98 Å². The van der Waals surface area contributed by atoms with Crippen molar-refractivity contribution in [2.45, 2.75) is 33.7 Å². The van der Waals surface area contributed by atoms with E-state index in [0.29, 0.717) is 5.92 Å². The van der Waals surface area contributed by atoms with E-state index in [1.165, 1.54) is 17.4 Å². The second-order valence-corrected chi connectivity index (χ2v) is 6.04. The van der Waals surface area contributed by atoms with E-state index in [9.17, 15) is 0 Å². The zero-order chi connectivity index (χ0) is 15.2. The monoisotopic (exact) mass is 285 g/mol. The van der Waals surface area contributed by atoms with E-state index in [1.807, 2.05) is 0 Å². The Morgan fingerprint density at radius 2 is 2.00 bits per heavy atom. The van der Waals surface area contributed by atoms with Gasteiger partial charge in [0.25, 0.3) is 0 Å². The zero-order valence-corrected chi connectivity index (χ0v) is 13.7. The molecule has 3 heteroatoms. The molecule has 0 aliphatic carbocycles. The maximum absolute atomic E-state index is 4.82. The van der Waals surface area contributed by atoms with E-state index >= 15 is 0 Å². The summed E-state index contributed by atoms with van der Waals surface area (Å²) in [5.74, 6) is 1.79. The molecular weight excluding hydrogens is 258 g/mol. The minimum Gasteiger partial charge on any atom is -0.360 e. The van der Waals surface area contributed by atoms with Gasteiger partial charge in [0, 0.05) is 25.5 Å². The number of aromatic nitrogens is 1. The molecule has 0 spiro atoms. The van der Waals surface area contributed by atoms with Crippen LogP contribution in [0.3, 0.4) is 0 Å². The number of benzene rings is 1. The maximum Gasteiger partial charge on any atom is 0.129 e. The molecule has 0 atom stereocenters. The molecule has 0 saturated carbocycles. The molecule has 0 unspecified atom stereocenters. The van der Waals surface area contributed by atoms with Crippen molar-refractivity contribution in [3.63, 3.8) is 0 Å². The van der Waals surface area contributed by atoms with E-state index in [-0.39, 0.29) is 0 Å². The van der Waals surface area contributed by atoms with Crippen molar-refractivity contribution in [1.29, 1.82) is 0 Å². The highest BCUT2D eigenvalue weighted by Crippen LogP contribution is 2.23. The second-order valence-electron chi connectivity index (χ2n) is 6.04. The van der Waals surface area contributed by atoms with Gasteiger partial charge in [-0.25, -0.2) is 4.98 Å². The highest BCUT2D eigenvalue weighted by Gasteiger charge is 2.09. The van der Waals surface area contributed by atoms with Crippen molar-refractivity contribution in [3.8, 4) is 0 Å². The lowest BCUT2D eigenvalue weighted by Crippen LogP contribution is -2.21. The van der Waals surface area contributed by atoms with Gasteiger partial charge in [0.05, 0.1) is 5.52 Å². The number of nitrogens with zero attached hydrogens (tertiary/aromatic N) is 2. The molecular formula is C18H27N3. The van der Waals surface area contributed by atoms with Gasteiger partial charge in [-0.05, 0) is 36.6 Å². The summed E-state index contributed by atoms with van der Waals surface area (Å²) in [6, 6.07) is 10.6. The van der Waals surface area contributed by atoms with Crippen LogP contribution in [-0.4, -0.2) is 25.1 Å². The molecule has 1 N–H and O–H groups in total. The van der Waals surface area contributed by atoms with Crippen molar-refractivity contribution in [3.05, 3.63) is 35.9 Å². The summed E-state index contributed by atoms with van der Waals surface area (Å²) in [4.78, 5) is 7.09. The molecule has 0 amide bonds. The predicted octanol–water partition coefficient (Wildman–Crippen LogP) is 3.83. The smallest absolute Gasteiger partial charge is 0.129 e. The Morgan fingerprint density at radius 3 is 2.71 bits per heavy atom. The molecule has 1 aromatic carbocycles. The van der Waals surface area contributed by atoms with Gasteiger partial charge in [-0.3, -0.25) is 0 Å². The summed E-state index contributed by atoms with van der Waals surface area (Å²) >= 11 is 0. The molecule has 2 aromatic rings. The summed E-state index contributed by atoms with van der Waals surface area (Å²) in [5.41, 5.74) is 2.41. The van der Waals surface area contributed by atoms with Gasteiger partial charge in [-0.15, -0.1) is 0 Å². The summed E-state index contributed by atoms with van der Waals surface area (Å²) in [6.45, 7) is 9.58. The number of pyridine rings is 1. The molecule has 3 nitrogen and oxygen atoms in total. The zero-order valence-electron chi connectivity index (χ0n) is 13.7. The van der Waals surface area contributed by atoms with Crippen molar-refractivity contribution < 1.29 is 0 Å². The Bertz CT molecular complexity index is 578. The fourth-order valence-electron chi connectivity index (χ4n) is 2.40. The number of anilines is 1. The van der Waals surface area contributed by atoms with Crippen LogP contribution in [0.2, 0.25) is 0 Å². The van der Waals surface area contributed by atoms with Crippen molar-refractivity contribution in [2.24, 2.45) is 5.92 Å². The summed E-state index contributed by atoms with van der Waals surface area (Å²) in [7, 11) is 2.14. The average Bonchev–Trinajstić information content (AvgIpc) is 2.49. The quantitative estimate of drug-likeness (QED) is 0.838. The standard InChI is InChI=1S/C18H27N3/c1-5-19-13-15-12-18(21(4)11-10-14(2)3)20-17-9-7-6-8-16(15)17/h6-9,12,14,19H,5,10-11,13H2,1-4H3. The SMILES string of the molecule is CCNCc1cc(N(C)CCC(C)C)nc2ccccc12. The fourth-order valence-corrected chi connectivity index (χ4v) is 2.40. The highest BCUT2D eigenvalue weighted by molar-refractivity contribution is 5.84. The predicted molar refractivity (Wildman–Crippen MR) is 91.8 cm³/mol. The first kappa shape index (κ1) is 15.8. The van der Waals surface area contributed by atoms with E-state index in [0.717, 1.165) is 31.0 Å². The summed E-state index contributed by atoms with van der Waals surface area (Å²) in [5, 5.41) is 4.68. The highest BCUT2D eigenvalue weighted by atomic mass is 15.2. The van der Waals surface area contributed by atoms with Crippen LogP contribution in [-0.2, 0) is 6.54 Å². The third-order valence-corrected chi connectivity index (χ3v) is 3.79. The van der Waals surface area contributed by atoms with Crippen LogP contribution in [0.4, 0.5) is 5.82 Å². The van der Waals surface area contributed by atoms with Gasteiger partial charge in [0.15, 0.2) is 0 Å². The molecule has 114 valence electrons. The first-order valence-electron chi connectivity index (χ1n) is 7.92. The van der Waals surface area contributed by atoms with Crippen LogP contribution in [0.1, 0.15) is 32.8 Å². The van der Waals surface area contributed by atoms with Gasteiger partial charge in [-0.2, -0.15) is 0 Å². The first-order valence-corrected chi connectivity index (χ1v) is 7.92. The Labute approximate surface area is 128 Å². The lowest BCUT2D eigenvalue weighted by Gasteiger charge is -2.21. The van der Waals surface area contributed by atoms with Gasteiger partial charge < -0.3 is 10.2 Å². The average molecular weight is 285 g/mol. The van der Waals surface area contributed by atoms with Crippen LogP contribution in [0, 0.1) is 5.92 Å². The van der Waals surface area contributed by atoms with Crippen LogP contribution < -0.4 is 10.2 Å². The topological polar surface area (TPSA) is 28.2 Å². The van der Waals surface area contributed by atoms with Crippen molar-refractivity contribution >= 4 is 16.7 Å². The molecule has 0 saturated heterocycles. The first-order chi connectivity index (χ1) is 10.1. The molecule has 0 aliphatic rings. The Balaban J connectivity index is 2.31. The molecule has 2 rings (SSSR count). The van der Waals surface area contributed by atoms with Gasteiger partial charge >= 0.3 is 0 Å². The largest absolute Gasteiger partial charge is 0.360 e. The number of rotatable bonds is 7. The van der Waals surface area contributed by atoms with Crippen molar-refractivity contribution in [2.75, 3.05) is 25.0 Å². The molecule has 1 aromatic heterocycles. The summed E-state index contributed by atoms with van der Waals surface area (Å²) in [6.07, 6.45) is 1.19. The number of hydrogen-bond donors (Lipinski definition) is 1. The minimum atomic E-state index is 0.717. The van der Waals surface area contributed by atoms with E-state index in [2.05, 4.69) is 68.4 Å². The van der Waals surface area contributed by atoms with Crippen molar-refractivity contribution in [1.82, 2.24) is 10.3 Å². The van der Waals surface area contributed by atoms with E-state index < -0.39 is 0 Å². The third kappa shape index (κ3) is 4.18.